The molecule has 1 saturated carbocycles. The third-order valence-corrected chi connectivity index (χ3v) is 7.60. The Hall–Kier alpha value is -2.46. The molecule has 1 atom stereocenters. The van der Waals surface area contributed by atoms with E-state index in [1.165, 1.54) is 17.0 Å². The van der Waals surface area contributed by atoms with Crippen LogP contribution in [0.15, 0.2) is 53.0 Å². The lowest BCUT2D eigenvalue weighted by atomic mass is 10.1. The third-order valence-electron chi connectivity index (χ3n) is 5.93. The predicted molar refractivity (Wildman–Crippen MR) is 133 cm³/mol. The monoisotopic (exact) mass is 553 g/mol. The lowest BCUT2D eigenvalue weighted by molar-refractivity contribution is -0.139. The fourth-order valence-electron chi connectivity index (χ4n) is 3.98. The minimum atomic E-state index is -3.78. The second kappa shape index (κ2) is 11.3. The zero-order valence-corrected chi connectivity index (χ0v) is 21.6. The van der Waals surface area contributed by atoms with E-state index in [2.05, 4.69) is 21.2 Å². The van der Waals surface area contributed by atoms with Crippen molar-refractivity contribution < 1.29 is 22.4 Å². The van der Waals surface area contributed by atoms with Crippen molar-refractivity contribution in [3.05, 3.63) is 64.4 Å². The molecule has 2 aromatic carbocycles. The first-order valence-corrected chi connectivity index (χ1v) is 13.8. The Balaban J connectivity index is 1.86. The minimum absolute atomic E-state index is 0.0380. The number of amides is 2. The molecule has 2 aromatic rings. The molecule has 0 spiro atoms. The van der Waals surface area contributed by atoms with Crippen LogP contribution in [0, 0.1) is 5.82 Å². The molecule has 1 fully saturated rings. The lowest BCUT2D eigenvalue weighted by Crippen LogP contribution is -2.52. The van der Waals surface area contributed by atoms with Crippen LogP contribution in [-0.4, -0.2) is 50.0 Å². The molecule has 0 aliphatic heterocycles. The van der Waals surface area contributed by atoms with Gasteiger partial charge in [-0.1, -0.05) is 40.9 Å². The highest BCUT2D eigenvalue weighted by Gasteiger charge is 2.31. The van der Waals surface area contributed by atoms with E-state index in [4.69, 9.17) is 0 Å². The highest BCUT2D eigenvalue weighted by molar-refractivity contribution is 9.10. The number of nitrogens with zero attached hydrogens (tertiary/aromatic N) is 2. The number of anilines is 1. The summed E-state index contributed by atoms with van der Waals surface area (Å²) in [5.74, 6) is -1.24. The van der Waals surface area contributed by atoms with Crippen molar-refractivity contribution in [2.75, 3.05) is 17.1 Å². The maximum atomic E-state index is 13.5. The van der Waals surface area contributed by atoms with Crippen LogP contribution in [0.3, 0.4) is 0 Å². The topological polar surface area (TPSA) is 86.8 Å². The van der Waals surface area contributed by atoms with Crippen LogP contribution in [0.5, 0.6) is 0 Å². The summed E-state index contributed by atoms with van der Waals surface area (Å²) in [4.78, 5) is 27.8. The fourth-order valence-corrected chi connectivity index (χ4v) is 5.10. The molecule has 0 saturated heterocycles. The highest BCUT2D eigenvalue weighted by Crippen LogP contribution is 2.22. The molecular formula is C24H29BrFN3O4S. The normalized spacial score (nSPS) is 15.1. The Labute approximate surface area is 208 Å². The Bertz CT molecular complexity index is 1100. The summed E-state index contributed by atoms with van der Waals surface area (Å²) in [6, 6.07) is 11.5. The molecule has 0 bridgehead atoms. The van der Waals surface area contributed by atoms with Crippen LogP contribution in [0.2, 0.25) is 0 Å². The van der Waals surface area contributed by atoms with E-state index in [9.17, 15) is 22.4 Å². The molecular weight excluding hydrogens is 525 g/mol. The van der Waals surface area contributed by atoms with E-state index >= 15 is 0 Å². The third kappa shape index (κ3) is 7.02. The summed E-state index contributed by atoms with van der Waals surface area (Å²) in [5.41, 5.74) is 0.966. The second-order valence-electron chi connectivity index (χ2n) is 8.56. The summed E-state index contributed by atoms with van der Waals surface area (Å²) < 4.78 is 40.2. The van der Waals surface area contributed by atoms with Crippen LogP contribution in [0.1, 0.15) is 38.2 Å². The molecule has 1 aliphatic rings. The van der Waals surface area contributed by atoms with Crippen LogP contribution >= 0.6 is 15.9 Å². The Morgan fingerprint density at radius 1 is 1.09 bits per heavy atom. The summed E-state index contributed by atoms with van der Waals surface area (Å²) >= 11 is 3.32. The molecule has 1 aliphatic carbocycles. The predicted octanol–water partition coefficient (Wildman–Crippen LogP) is 3.83. The van der Waals surface area contributed by atoms with E-state index in [-0.39, 0.29) is 18.5 Å². The van der Waals surface area contributed by atoms with E-state index in [0.29, 0.717) is 11.3 Å². The molecule has 0 radical (unpaired) electrons. The summed E-state index contributed by atoms with van der Waals surface area (Å²) in [6.45, 7) is 1.19. The molecule has 0 heterocycles. The number of halogens is 2. The van der Waals surface area contributed by atoms with Crippen LogP contribution in [0.4, 0.5) is 10.1 Å². The van der Waals surface area contributed by atoms with Crippen molar-refractivity contribution in [2.45, 2.75) is 51.2 Å². The van der Waals surface area contributed by atoms with Gasteiger partial charge in [-0.25, -0.2) is 12.8 Å². The SMILES string of the molecule is C[C@H](C(=O)NC1CCCC1)N(Cc1ccc(F)cc1)C(=O)CN(c1ccc(Br)cc1)S(C)(=O)=O. The van der Waals surface area contributed by atoms with Crippen molar-refractivity contribution in [3.8, 4) is 0 Å². The fraction of sp³-hybridized carbons (Fsp3) is 0.417. The largest absolute Gasteiger partial charge is 0.352 e. The Morgan fingerprint density at radius 3 is 2.24 bits per heavy atom. The van der Waals surface area contributed by atoms with Crippen LogP contribution < -0.4 is 9.62 Å². The molecule has 1 N–H and O–H groups in total. The zero-order chi connectivity index (χ0) is 24.9. The maximum absolute atomic E-state index is 13.5. The van der Waals surface area contributed by atoms with Crippen molar-refractivity contribution in [3.63, 3.8) is 0 Å². The number of rotatable bonds is 9. The van der Waals surface area contributed by atoms with Gasteiger partial charge < -0.3 is 10.2 Å². The van der Waals surface area contributed by atoms with Gasteiger partial charge in [-0.05, 0) is 61.7 Å². The van der Waals surface area contributed by atoms with Crippen molar-refractivity contribution >= 4 is 43.5 Å². The number of nitrogens with one attached hydrogen (secondary N) is 1. The number of carbonyl (C=O) groups excluding carboxylic acids is 2. The first-order valence-electron chi connectivity index (χ1n) is 11.1. The van der Waals surface area contributed by atoms with Gasteiger partial charge in [0.05, 0.1) is 11.9 Å². The Morgan fingerprint density at radius 2 is 1.68 bits per heavy atom. The van der Waals surface area contributed by atoms with Gasteiger partial charge in [-0.3, -0.25) is 13.9 Å². The summed E-state index contributed by atoms with van der Waals surface area (Å²) in [7, 11) is -3.78. The van der Waals surface area contributed by atoms with E-state index in [0.717, 1.165) is 40.7 Å². The maximum Gasteiger partial charge on any atom is 0.244 e. The van der Waals surface area contributed by atoms with Gasteiger partial charge in [-0.15, -0.1) is 0 Å². The molecule has 2 amide bonds. The van der Waals surface area contributed by atoms with Gasteiger partial charge in [0, 0.05) is 17.1 Å². The van der Waals surface area contributed by atoms with E-state index in [1.54, 1.807) is 43.3 Å². The van der Waals surface area contributed by atoms with Gasteiger partial charge in [0.1, 0.15) is 18.4 Å². The molecule has 3 rings (SSSR count). The molecule has 10 heteroatoms. The standard InChI is InChI=1S/C24H29BrFN3O4S/c1-17(24(31)27-21-5-3-4-6-21)28(15-18-7-11-20(26)12-8-18)23(30)16-29(34(2,32)33)22-13-9-19(25)10-14-22/h7-14,17,21H,3-6,15-16H2,1-2H3,(H,27,31)/t17-/m1/s1. The van der Waals surface area contributed by atoms with E-state index < -0.39 is 34.3 Å². The van der Waals surface area contributed by atoms with Gasteiger partial charge >= 0.3 is 0 Å². The van der Waals surface area contributed by atoms with Crippen LogP contribution in [0.25, 0.3) is 0 Å². The quantitative estimate of drug-likeness (QED) is 0.511. The first kappa shape index (κ1) is 26.2. The molecule has 34 heavy (non-hydrogen) atoms. The smallest absolute Gasteiger partial charge is 0.244 e. The van der Waals surface area contributed by atoms with E-state index in [1.807, 2.05) is 0 Å². The highest BCUT2D eigenvalue weighted by atomic mass is 79.9. The van der Waals surface area contributed by atoms with Gasteiger partial charge in [0.2, 0.25) is 21.8 Å². The Kier molecular flexibility index (Phi) is 8.70. The minimum Gasteiger partial charge on any atom is -0.352 e. The average molecular weight is 554 g/mol. The summed E-state index contributed by atoms with van der Waals surface area (Å²) in [6.07, 6.45) is 4.93. The molecule has 0 aromatic heterocycles. The first-order chi connectivity index (χ1) is 16.0. The van der Waals surface area contributed by atoms with Gasteiger partial charge in [-0.2, -0.15) is 0 Å². The van der Waals surface area contributed by atoms with Gasteiger partial charge in [0.25, 0.3) is 0 Å². The number of carbonyl (C=O) groups is 2. The second-order valence-corrected chi connectivity index (χ2v) is 11.4. The van der Waals surface area contributed by atoms with Gasteiger partial charge in [0.15, 0.2) is 0 Å². The number of hydrogen-bond donors (Lipinski definition) is 1. The van der Waals surface area contributed by atoms with Crippen molar-refractivity contribution in [1.82, 2.24) is 10.2 Å². The zero-order valence-electron chi connectivity index (χ0n) is 19.2. The molecule has 184 valence electrons. The number of sulfonamides is 1. The van der Waals surface area contributed by atoms with Crippen LogP contribution in [-0.2, 0) is 26.2 Å². The van der Waals surface area contributed by atoms with Crippen molar-refractivity contribution in [2.24, 2.45) is 0 Å². The lowest BCUT2D eigenvalue weighted by Gasteiger charge is -2.32. The number of benzene rings is 2. The average Bonchev–Trinajstić information content (AvgIpc) is 3.29. The number of hydrogen-bond acceptors (Lipinski definition) is 4. The molecule has 0 unspecified atom stereocenters. The molecule has 7 nitrogen and oxygen atoms in total. The summed E-state index contributed by atoms with van der Waals surface area (Å²) in [5, 5.41) is 3.00. The van der Waals surface area contributed by atoms with Crippen molar-refractivity contribution in [1.29, 1.82) is 0 Å².